The van der Waals surface area contributed by atoms with E-state index in [-0.39, 0.29) is 17.2 Å². The van der Waals surface area contributed by atoms with Crippen LogP contribution in [-0.4, -0.2) is 39.8 Å². The molecule has 1 amide bonds. The molecular weight excluding hydrogens is 400 g/mol. The lowest BCUT2D eigenvalue weighted by atomic mass is 10.0. The number of methoxy groups -OCH3 is 1. The Labute approximate surface area is 177 Å². The Kier molecular flexibility index (Phi) is 6.54. The van der Waals surface area contributed by atoms with Crippen molar-refractivity contribution in [1.29, 1.82) is 0 Å². The third-order valence-electron chi connectivity index (χ3n) is 4.65. The van der Waals surface area contributed by atoms with E-state index < -0.39 is 10.0 Å². The number of carbonyl (C=O) groups excluding carboxylic acids is 1. The first-order valence-electron chi connectivity index (χ1n) is 9.36. The van der Waals surface area contributed by atoms with E-state index in [9.17, 15) is 13.2 Å². The van der Waals surface area contributed by atoms with Gasteiger partial charge in [0.25, 0.3) is 0 Å². The average Bonchev–Trinajstić information content (AvgIpc) is 2.74. The molecule has 0 aromatic heterocycles. The van der Waals surface area contributed by atoms with Crippen LogP contribution in [0.4, 0.5) is 5.69 Å². The van der Waals surface area contributed by atoms with Crippen LogP contribution >= 0.6 is 0 Å². The second-order valence-electron chi connectivity index (χ2n) is 6.94. The zero-order valence-corrected chi connectivity index (χ0v) is 17.9. The van der Waals surface area contributed by atoms with Crippen LogP contribution in [-0.2, 0) is 21.2 Å². The molecule has 3 aromatic carbocycles. The number of hydrogen-bond donors (Lipinski definition) is 1. The minimum atomic E-state index is -3.62. The quantitative estimate of drug-likeness (QED) is 0.626. The van der Waals surface area contributed by atoms with E-state index in [0.717, 1.165) is 21.0 Å². The summed E-state index contributed by atoms with van der Waals surface area (Å²) >= 11 is 0. The topological polar surface area (TPSA) is 75.7 Å². The summed E-state index contributed by atoms with van der Waals surface area (Å²) in [6.07, 6.45) is 0.156. The molecule has 0 atom stereocenters. The molecule has 0 bridgehead atoms. The molecule has 7 heteroatoms. The van der Waals surface area contributed by atoms with Gasteiger partial charge in [0.1, 0.15) is 5.75 Å². The second kappa shape index (κ2) is 9.11. The van der Waals surface area contributed by atoms with Crippen LogP contribution in [0.3, 0.4) is 0 Å². The number of nitrogens with zero attached hydrogens (tertiary/aromatic N) is 1. The maximum absolute atomic E-state index is 12.6. The molecular formula is C23H24N2O4S. The van der Waals surface area contributed by atoms with E-state index >= 15 is 0 Å². The number of rotatable bonds is 7. The number of carbonyl (C=O) groups is 1. The molecule has 3 rings (SSSR count). The first-order valence-corrected chi connectivity index (χ1v) is 10.8. The van der Waals surface area contributed by atoms with Gasteiger partial charge in [-0.25, -0.2) is 12.7 Å². The van der Waals surface area contributed by atoms with Crippen LogP contribution in [0.2, 0.25) is 0 Å². The van der Waals surface area contributed by atoms with Gasteiger partial charge in [-0.1, -0.05) is 54.6 Å². The minimum absolute atomic E-state index is 0.0795. The molecule has 0 radical (unpaired) electrons. The molecule has 0 fully saturated rings. The normalized spacial score (nSPS) is 11.3. The number of anilines is 1. The highest BCUT2D eigenvalue weighted by Crippen LogP contribution is 2.28. The molecule has 0 aliphatic carbocycles. The fourth-order valence-electron chi connectivity index (χ4n) is 2.98. The Morgan fingerprint density at radius 1 is 0.933 bits per heavy atom. The average molecular weight is 425 g/mol. The molecule has 6 nitrogen and oxygen atoms in total. The van der Waals surface area contributed by atoms with E-state index in [1.54, 1.807) is 0 Å². The molecule has 0 spiro atoms. The minimum Gasteiger partial charge on any atom is -0.495 e. The zero-order chi connectivity index (χ0) is 21.7. The molecule has 0 saturated heterocycles. The summed E-state index contributed by atoms with van der Waals surface area (Å²) in [6.45, 7) is 0. The number of hydrogen-bond acceptors (Lipinski definition) is 4. The fourth-order valence-corrected chi connectivity index (χ4v) is 3.91. The first kappa shape index (κ1) is 21.5. The molecule has 0 aliphatic rings. The maximum atomic E-state index is 12.6. The molecule has 0 heterocycles. The number of sulfonamides is 1. The van der Waals surface area contributed by atoms with Gasteiger partial charge in [0.05, 0.1) is 24.1 Å². The van der Waals surface area contributed by atoms with Gasteiger partial charge in [0.15, 0.2) is 0 Å². The predicted molar refractivity (Wildman–Crippen MR) is 118 cm³/mol. The van der Waals surface area contributed by atoms with Crippen LogP contribution < -0.4 is 10.1 Å². The lowest BCUT2D eigenvalue weighted by Crippen LogP contribution is -2.22. The lowest BCUT2D eigenvalue weighted by Gasteiger charge is -2.15. The summed E-state index contributed by atoms with van der Waals surface area (Å²) in [4.78, 5) is 12.7. The summed E-state index contributed by atoms with van der Waals surface area (Å²) in [5, 5.41) is 2.76. The lowest BCUT2D eigenvalue weighted by molar-refractivity contribution is -0.115. The van der Waals surface area contributed by atoms with Crippen molar-refractivity contribution >= 4 is 21.6 Å². The van der Waals surface area contributed by atoms with Crippen LogP contribution in [0, 0.1) is 0 Å². The summed E-state index contributed by atoms with van der Waals surface area (Å²) < 4.78 is 31.1. The summed E-state index contributed by atoms with van der Waals surface area (Å²) in [5.41, 5.74) is 3.34. The predicted octanol–water partition coefficient (Wildman–Crippen LogP) is 3.79. The van der Waals surface area contributed by atoms with Crippen molar-refractivity contribution in [2.75, 3.05) is 26.5 Å². The van der Waals surface area contributed by atoms with E-state index in [1.165, 1.54) is 39.4 Å². The standard InChI is InChI=1S/C23H24N2O4S/c1-25(2)30(27,28)20-13-14-22(29-3)21(16-20)24-23(26)15-17-9-11-19(12-10-17)18-7-5-4-6-8-18/h4-14,16H,15H2,1-3H3,(H,24,26). The largest absolute Gasteiger partial charge is 0.495 e. The van der Waals surface area contributed by atoms with Gasteiger partial charge in [-0.15, -0.1) is 0 Å². The maximum Gasteiger partial charge on any atom is 0.242 e. The van der Waals surface area contributed by atoms with E-state index in [4.69, 9.17) is 4.74 Å². The summed E-state index contributed by atoms with van der Waals surface area (Å²) in [7, 11) is 0.753. The highest BCUT2D eigenvalue weighted by Gasteiger charge is 2.20. The molecule has 156 valence electrons. The van der Waals surface area contributed by atoms with Crippen LogP contribution in [0.1, 0.15) is 5.56 Å². The van der Waals surface area contributed by atoms with Crippen molar-refractivity contribution in [3.63, 3.8) is 0 Å². The summed E-state index contributed by atoms with van der Waals surface area (Å²) in [6, 6.07) is 22.1. The fraction of sp³-hybridized carbons (Fsp3) is 0.174. The highest BCUT2D eigenvalue weighted by atomic mass is 32.2. The van der Waals surface area contributed by atoms with Crippen molar-refractivity contribution in [3.8, 4) is 16.9 Å². The molecule has 30 heavy (non-hydrogen) atoms. The van der Waals surface area contributed by atoms with Gasteiger partial charge in [-0.2, -0.15) is 0 Å². The van der Waals surface area contributed by atoms with Crippen molar-refractivity contribution < 1.29 is 17.9 Å². The molecule has 0 unspecified atom stereocenters. The molecule has 3 aromatic rings. The molecule has 1 N–H and O–H groups in total. The summed E-state index contributed by atoms with van der Waals surface area (Å²) in [5.74, 6) is 0.126. The second-order valence-corrected chi connectivity index (χ2v) is 9.09. The first-order chi connectivity index (χ1) is 14.3. The highest BCUT2D eigenvalue weighted by molar-refractivity contribution is 7.89. The van der Waals surface area contributed by atoms with Crippen LogP contribution in [0.15, 0.2) is 77.7 Å². The van der Waals surface area contributed by atoms with Crippen molar-refractivity contribution in [1.82, 2.24) is 4.31 Å². The smallest absolute Gasteiger partial charge is 0.242 e. The number of nitrogens with one attached hydrogen (secondary N) is 1. The third-order valence-corrected chi connectivity index (χ3v) is 6.46. The van der Waals surface area contributed by atoms with Gasteiger partial charge >= 0.3 is 0 Å². The van der Waals surface area contributed by atoms with Gasteiger partial charge in [0, 0.05) is 14.1 Å². The Balaban J connectivity index is 1.76. The molecule has 0 saturated carbocycles. The third kappa shape index (κ3) is 4.87. The SMILES string of the molecule is COc1ccc(S(=O)(=O)N(C)C)cc1NC(=O)Cc1ccc(-c2ccccc2)cc1. The zero-order valence-electron chi connectivity index (χ0n) is 17.1. The Hall–Kier alpha value is -3.16. The number of amides is 1. The van der Waals surface area contributed by atoms with Gasteiger partial charge in [-0.3, -0.25) is 4.79 Å². The van der Waals surface area contributed by atoms with Gasteiger partial charge < -0.3 is 10.1 Å². The van der Waals surface area contributed by atoms with E-state index in [0.29, 0.717) is 11.4 Å². The van der Waals surface area contributed by atoms with Crippen LogP contribution in [0.25, 0.3) is 11.1 Å². The van der Waals surface area contributed by atoms with E-state index in [1.807, 2.05) is 54.6 Å². The number of benzene rings is 3. The van der Waals surface area contributed by atoms with E-state index in [2.05, 4.69) is 5.32 Å². The Bertz CT molecular complexity index is 1130. The van der Waals surface area contributed by atoms with Crippen LogP contribution in [0.5, 0.6) is 5.75 Å². The number of ether oxygens (including phenoxy) is 1. The van der Waals surface area contributed by atoms with Gasteiger partial charge in [0.2, 0.25) is 15.9 Å². The molecule has 0 aliphatic heterocycles. The Morgan fingerprint density at radius 3 is 2.17 bits per heavy atom. The monoisotopic (exact) mass is 424 g/mol. The van der Waals surface area contributed by atoms with Crippen molar-refractivity contribution in [2.45, 2.75) is 11.3 Å². The van der Waals surface area contributed by atoms with Crippen molar-refractivity contribution in [2.24, 2.45) is 0 Å². The van der Waals surface area contributed by atoms with Gasteiger partial charge in [-0.05, 0) is 34.9 Å². The Morgan fingerprint density at radius 2 is 1.57 bits per heavy atom. The van der Waals surface area contributed by atoms with Crippen molar-refractivity contribution in [3.05, 3.63) is 78.4 Å².